The molecule has 0 amide bonds. The van der Waals surface area contributed by atoms with Crippen LogP contribution in [0.25, 0.3) is 0 Å². The van der Waals surface area contributed by atoms with Crippen LogP contribution in [0.15, 0.2) is 11.8 Å². The van der Waals surface area contributed by atoms with Crippen molar-refractivity contribution < 1.29 is 4.79 Å². The second-order valence-electron chi connectivity index (χ2n) is 8.42. The lowest BCUT2D eigenvalue weighted by Gasteiger charge is -2.55. The molecule has 0 aromatic heterocycles. The molecule has 2 saturated carbocycles. The lowest BCUT2D eigenvalue weighted by Crippen LogP contribution is -2.49. The smallest absolute Gasteiger partial charge is 0.120 e. The summed E-state index contributed by atoms with van der Waals surface area (Å²) >= 11 is 0. The first-order chi connectivity index (χ1) is 9.93. The largest absolute Gasteiger partial charge is 0.402 e. The Labute approximate surface area is 129 Å². The fourth-order valence-corrected chi connectivity index (χ4v) is 6.07. The van der Waals surface area contributed by atoms with Crippen LogP contribution in [0.3, 0.4) is 0 Å². The minimum absolute atomic E-state index is 0.0526. The quantitative estimate of drug-likeness (QED) is 0.787. The van der Waals surface area contributed by atoms with Crippen molar-refractivity contribution in [1.29, 1.82) is 0 Å². The Morgan fingerprint density at radius 2 is 2.05 bits per heavy atom. The van der Waals surface area contributed by atoms with Crippen molar-refractivity contribution in [3.63, 3.8) is 0 Å². The zero-order valence-corrected chi connectivity index (χ0v) is 13.9. The summed E-state index contributed by atoms with van der Waals surface area (Å²) in [5.41, 5.74) is 8.06. The number of nitrogens with two attached hydrogens (primary N) is 1. The number of carbonyl (C=O) groups excluding carboxylic acids is 1. The van der Waals surface area contributed by atoms with Gasteiger partial charge in [0.15, 0.2) is 0 Å². The van der Waals surface area contributed by atoms with E-state index in [1.165, 1.54) is 32.1 Å². The van der Waals surface area contributed by atoms with Crippen LogP contribution < -0.4 is 5.73 Å². The highest BCUT2D eigenvalue weighted by Gasteiger charge is 2.56. The van der Waals surface area contributed by atoms with Gasteiger partial charge in [-0.05, 0) is 67.6 Å². The molecule has 118 valence electrons. The molecule has 0 aromatic rings. The first-order valence-electron chi connectivity index (χ1n) is 8.83. The topological polar surface area (TPSA) is 43.1 Å². The molecule has 0 saturated heterocycles. The van der Waals surface area contributed by atoms with E-state index < -0.39 is 0 Å². The fourth-order valence-electron chi connectivity index (χ4n) is 6.07. The van der Waals surface area contributed by atoms with Crippen LogP contribution in [0.2, 0.25) is 0 Å². The molecule has 3 rings (SSSR count). The molecule has 6 unspecified atom stereocenters. The van der Waals surface area contributed by atoms with E-state index in [1.807, 2.05) is 0 Å². The minimum atomic E-state index is 0.0526. The standard InChI is InChI=1S/C19H31NO/c1-13-5-7-15-14-6-8-17(20)19(3,10-4-12-21)16(14)9-11-18(13,15)2/h8,12-16H,4-7,9-11,20H2,1-3H3. The van der Waals surface area contributed by atoms with Crippen LogP contribution >= 0.6 is 0 Å². The highest BCUT2D eigenvalue weighted by atomic mass is 16.1. The maximum absolute atomic E-state index is 10.9. The molecule has 0 aromatic carbocycles. The van der Waals surface area contributed by atoms with E-state index in [4.69, 9.17) is 5.73 Å². The molecule has 0 bridgehead atoms. The summed E-state index contributed by atoms with van der Waals surface area (Å²) in [6.07, 6.45) is 11.5. The monoisotopic (exact) mass is 289 g/mol. The van der Waals surface area contributed by atoms with E-state index in [-0.39, 0.29) is 5.41 Å². The van der Waals surface area contributed by atoms with E-state index in [2.05, 4.69) is 26.8 Å². The van der Waals surface area contributed by atoms with Crippen molar-refractivity contribution in [2.45, 2.75) is 65.7 Å². The van der Waals surface area contributed by atoms with Crippen molar-refractivity contribution >= 4 is 6.29 Å². The number of rotatable bonds is 3. The molecule has 2 heteroatoms. The Morgan fingerprint density at radius 3 is 2.76 bits per heavy atom. The molecule has 2 nitrogen and oxygen atoms in total. The normalized spacial score (nSPS) is 49.2. The van der Waals surface area contributed by atoms with Crippen molar-refractivity contribution in [3.05, 3.63) is 11.8 Å². The minimum Gasteiger partial charge on any atom is -0.402 e. The van der Waals surface area contributed by atoms with Gasteiger partial charge >= 0.3 is 0 Å². The Morgan fingerprint density at radius 1 is 1.29 bits per heavy atom. The van der Waals surface area contributed by atoms with Gasteiger partial charge in [0.1, 0.15) is 6.29 Å². The lowest BCUT2D eigenvalue weighted by molar-refractivity contribution is -0.108. The fraction of sp³-hybridized carbons (Fsp3) is 0.842. The number of fused-ring (bicyclic) bond motifs is 3. The molecular weight excluding hydrogens is 258 g/mol. The Balaban J connectivity index is 1.91. The number of aldehydes is 1. The van der Waals surface area contributed by atoms with E-state index in [0.29, 0.717) is 17.8 Å². The number of hydrogen-bond donors (Lipinski definition) is 1. The third-order valence-electron chi connectivity index (χ3n) is 7.78. The second-order valence-corrected chi connectivity index (χ2v) is 8.42. The van der Waals surface area contributed by atoms with Crippen molar-refractivity contribution in [1.82, 2.24) is 0 Å². The molecule has 2 N–H and O–H groups in total. The number of allylic oxidation sites excluding steroid dienone is 2. The van der Waals surface area contributed by atoms with E-state index in [9.17, 15) is 4.79 Å². The van der Waals surface area contributed by atoms with Crippen molar-refractivity contribution in [2.24, 2.45) is 40.2 Å². The zero-order valence-electron chi connectivity index (χ0n) is 13.9. The van der Waals surface area contributed by atoms with Gasteiger partial charge in [0.2, 0.25) is 0 Å². The van der Waals surface area contributed by atoms with Gasteiger partial charge in [-0.3, -0.25) is 0 Å². The third kappa shape index (κ3) is 2.09. The van der Waals surface area contributed by atoms with Gasteiger partial charge in [-0.25, -0.2) is 0 Å². The number of hydrogen-bond acceptors (Lipinski definition) is 2. The third-order valence-corrected chi connectivity index (χ3v) is 7.78. The maximum atomic E-state index is 10.9. The predicted molar refractivity (Wildman–Crippen MR) is 86.5 cm³/mol. The van der Waals surface area contributed by atoms with Crippen molar-refractivity contribution in [3.8, 4) is 0 Å². The SMILES string of the molecule is CC1CCC2C3CC=C(N)C(C)(CCC=O)C3CCC12C. The average Bonchev–Trinajstić information content (AvgIpc) is 2.77. The van der Waals surface area contributed by atoms with Crippen LogP contribution in [0, 0.1) is 34.5 Å². The molecule has 3 aliphatic rings. The van der Waals surface area contributed by atoms with Crippen LogP contribution in [-0.4, -0.2) is 6.29 Å². The maximum Gasteiger partial charge on any atom is 0.120 e. The van der Waals surface area contributed by atoms with Gasteiger partial charge in [-0.2, -0.15) is 0 Å². The highest BCUT2D eigenvalue weighted by molar-refractivity contribution is 5.49. The van der Waals surface area contributed by atoms with Crippen LogP contribution in [0.4, 0.5) is 0 Å². The van der Waals surface area contributed by atoms with Crippen LogP contribution in [0.1, 0.15) is 65.7 Å². The summed E-state index contributed by atoms with van der Waals surface area (Å²) in [6, 6.07) is 0. The average molecular weight is 289 g/mol. The highest BCUT2D eigenvalue weighted by Crippen LogP contribution is 2.64. The van der Waals surface area contributed by atoms with Gasteiger partial charge < -0.3 is 10.5 Å². The number of carbonyl (C=O) groups is 1. The molecule has 0 radical (unpaired) electrons. The molecule has 21 heavy (non-hydrogen) atoms. The molecule has 0 heterocycles. The van der Waals surface area contributed by atoms with E-state index in [1.54, 1.807) is 0 Å². The van der Waals surface area contributed by atoms with Crippen LogP contribution in [-0.2, 0) is 4.79 Å². The van der Waals surface area contributed by atoms with Gasteiger partial charge in [0.05, 0.1) is 0 Å². The molecule has 0 spiro atoms. The summed E-state index contributed by atoms with van der Waals surface area (Å²) in [6.45, 7) is 7.31. The van der Waals surface area contributed by atoms with Crippen LogP contribution in [0.5, 0.6) is 0 Å². The summed E-state index contributed by atoms with van der Waals surface area (Å²) in [5.74, 6) is 3.21. The first-order valence-corrected chi connectivity index (χ1v) is 8.83. The first kappa shape index (κ1) is 15.1. The van der Waals surface area contributed by atoms with Gasteiger partial charge in [0.25, 0.3) is 0 Å². The van der Waals surface area contributed by atoms with Crippen molar-refractivity contribution in [2.75, 3.05) is 0 Å². The Bertz CT molecular complexity index is 456. The molecule has 6 atom stereocenters. The van der Waals surface area contributed by atoms with E-state index >= 15 is 0 Å². The van der Waals surface area contributed by atoms with Gasteiger partial charge in [0, 0.05) is 17.5 Å². The molecule has 0 aliphatic heterocycles. The Hall–Kier alpha value is -0.790. The summed E-state index contributed by atoms with van der Waals surface area (Å²) in [5, 5.41) is 0. The predicted octanol–water partition coefficient (Wildman–Crippen LogP) is 4.30. The summed E-state index contributed by atoms with van der Waals surface area (Å²) in [7, 11) is 0. The van der Waals surface area contributed by atoms with Gasteiger partial charge in [-0.15, -0.1) is 0 Å². The van der Waals surface area contributed by atoms with E-state index in [0.717, 1.165) is 36.2 Å². The second kappa shape index (κ2) is 5.14. The molecule has 3 aliphatic carbocycles. The summed E-state index contributed by atoms with van der Waals surface area (Å²) < 4.78 is 0. The molecule has 2 fully saturated rings. The summed E-state index contributed by atoms with van der Waals surface area (Å²) in [4.78, 5) is 10.9. The molecular formula is C19H31NO. The van der Waals surface area contributed by atoms with Gasteiger partial charge in [-0.1, -0.05) is 26.8 Å². The lowest BCUT2D eigenvalue weighted by atomic mass is 9.49. The zero-order chi connectivity index (χ0) is 15.3. The Kier molecular flexibility index (Phi) is 3.70.